The lowest BCUT2D eigenvalue weighted by molar-refractivity contribution is -0.384. The van der Waals surface area contributed by atoms with E-state index in [2.05, 4.69) is 34.9 Å². The number of nitrogens with zero attached hydrogens (tertiary/aromatic N) is 4. The summed E-state index contributed by atoms with van der Waals surface area (Å²) in [5.41, 5.74) is 4.16. The number of non-ortho nitro benzene ring substituents is 1. The third-order valence-corrected chi connectivity index (χ3v) is 6.63. The Balaban J connectivity index is 1.25. The van der Waals surface area contributed by atoms with E-state index in [1.807, 2.05) is 11.0 Å². The van der Waals surface area contributed by atoms with E-state index in [0.29, 0.717) is 50.1 Å². The molecule has 5 rings (SSSR count). The van der Waals surface area contributed by atoms with Crippen LogP contribution in [0.3, 0.4) is 0 Å². The standard InChI is InChI=1S/C25H26N4O4/c1-18-16-19-4-2-3-5-23(19)28(18)17-24-22(10-15-33-24)25(30)27-13-11-26(12-14-27)20-6-8-21(9-7-20)29(31)32/h2-10,15,18H,11-14,16-17H2,1H3. The summed E-state index contributed by atoms with van der Waals surface area (Å²) in [6.45, 7) is 5.28. The highest BCUT2D eigenvalue weighted by Crippen LogP contribution is 2.34. The lowest BCUT2D eigenvalue weighted by Gasteiger charge is -2.36. The highest BCUT2D eigenvalue weighted by atomic mass is 16.6. The quantitative estimate of drug-likeness (QED) is 0.433. The third kappa shape index (κ3) is 4.04. The van der Waals surface area contributed by atoms with Crippen LogP contribution in [0.2, 0.25) is 0 Å². The van der Waals surface area contributed by atoms with Crippen molar-refractivity contribution in [3.8, 4) is 0 Å². The van der Waals surface area contributed by atoms with Crippen molar-refractivity contribution in [2.75, 3.05) is 36.0 Å². The lowest BCUT2D eigenvalue weighted by atomic mass is 10.1. The molecule has 1 aromatic heterocycles. The second-order valence-electron chi connectivity index (χ2n) is 8.62. The molecule has 1 fully saturated rings. The molecule has 3 heterocycles. The molecule has 1 atom stereocenters. The van der Waals surface area contributed by atoms with E-state index < -0.39 is 4.92 Å². The van der Waals surface area contributed by atoms with E-state index in [1.54, 1.807) is 24.5 Å². The summed E-state index contributed by atoms with van der Waals surface area (Å²) >= 11 is 0. The molecule has 0 radical (unpaired) electrons. The monoisotopic (exact) mass is 446 g/mol. The minimum Gasteiger partial charge on any atom is -0.467 e. The minimum atomic E-state index is -0.398. The van der Waals surface area contributed by atoms with Gasteiger partial charge in [-0.3, -0.25) is 14.9 Å². The Morgan fingerprint density at radius 1 is 1.06 bits per heavy atom. The van der Waals surface area contributed by atoms with Gasteiger partial charge in [-0.05, 0) is 43.2 Å². The number of rotatable bonds is 5. The maximum atomic E-state index is 13.3. The fraction of sp³-hybridized carbons (Fsp3) is 0.320. The van der Waals surface area contributed by atoms with Gasteiger partial charge in [0.25, 0.3) is 11.6 Å². The third-order valence-electron chi connectivity index (χ3n) is 6.63. The Kier molecular flexibility index (Phi) is 5.50. The summed E-state index contributed by atoms with van der Waals surface area (Å²) in [7, 11) is 0. The van der Waals surface area contributed by atoms with Crippen LogP contribution in [0.4, 0.5) is 17.1 Å². The van der Waals surface area contributed by atoms with Crippen molar-refractivity contribution in [1.82, 2.24) is 4.90 Å². The number of hydrogen-bond donors (Lipinski definition) is 0. The fourth-order valence-electron chi connectivity index (χ4n) is 4.80. The largest absolute Gasteiger partial charge is 0.467 e. The van der Waals surface area contributed by atoms with Gasteiger partial charge in [0.05, 0.1) is 23.3 Å². The van der Waals surface area contributed by atoms with Gasteiger partial charge in [-0.25, -0.2) is 0 Å². The summed E-state index contributed by atoms with van der Waals surface area (Å²) in [5, 5.41) is 10.9. The summed E-state index contributed by atoms with van der Waals surface area (Å²) in [4.78, 5) is 30.1. The molecule has 33 heavy (non-hydrogen) atoms. The van der Waals surface area contributed by atoms with Crippen LogP contribution in [0.1, 0.15) is 28.6 Å². The van der Waals surface area contributed by atoms with E-state index in [1.165, 1.54) is 23.4 Å². The van der Waals surface area contributed by atoms with Crippen molar-refractivity contribution in [2.24, 2.45) is 0 Å². The Bertz CT molecular complexity index is 1170. The number of benzene rings is 2. The average molecular weight is 447 g/mol. The van der Waals surface area contributed by atoms with Crippen LogP contribution >= 0.6 is 0 Å². The van der Waals surface area contributed by atoms with Crippen molar-refractivity contribution in [3.63, 3.8) is 0 Å². The van der Waals surface area contributed by atoms with Crippen LogP contribution in [0, 0.1) is 10.1 Å². The average Bonchev–Trinajstić information content (AvgIpc) is 3.43. The first-order chi connectivity index (χ1) is 16.0. The molecule has 2 aromatic carbocycles. The molecule has 3 aromatic rings. The van der Waals surface area contributed by atoms with Crippen LogP contribution in [-0.4, -0.2) is 48.0 Å². The molecule has 170 valence electrons. The second-order valence-corrected chi connectivity index (χ2v) is 8.62. The first kappa shape index (κ1) is 21.1. The highest BCUT2D eigenvalue weighted by molar-refractivity contribution is 5.95. The molecule has 8 nitrogen and oxygen atoms in total. The SMILES string of the molecule is CC1Cc2ccccc2N1Cc1occc1C(=O)N1CCN(c2ccc([N+](=O)[O-])cc2)CC1. The number of piperazine rings is 1. The number of carbonyl (C=O) groups is 1. The molecule has 1 saturated heterocycles. The minimum absolute atomic E-state index is 0.0118. The first-order valence-electron chi connectivity index (χ1n) is 11.2. The lowest BCUT2D eigenvalue weighted by Crippen LogP contribution is -2.49. The van der Waals surface area contributed by atoms with Gasteiger partial charge in [0.2, 0.25) is 0 Å². The van der Waals surface area contributed by atoms with Crippen LogP contribution < -0.4 is 9.80 Å². The maximum Gasteiger partial charge on any atom is 0.269 e. The number of fused-ring (bicyclic) bond motifs is 1. The first-order valence-corrected chi connectivity index (χ1v) is 11.2. The van der Waals surface area contributed by atoms with E-state index in [9.17, 15) is 14.9 Å². The van der Waals surface area contributed by atoms with Crippen LogP contribution in [0.5, 0.6) is 0 Å². The van der Waals surface area contributed by atoms with Crippen molar-refractivity contribution < 1.29 is 14.1 Å². The molecular weight excluding hydrogens is 420 g/mol. The topological polar surface area (TPSA) is 83.1 Å². The molecule has 1 amide bonds. The predicted octanol–water partition coefficient (Wildman–Crippen LogP) is 4.10. The van der Waals surface area contributed by atoms with Crippen LogP contribution in [-0.2, 0) is 13.0 Å². The molecular formula is C25H26N4O4. The molecule has 0 spiro atoms. The molecule has 0 aliphatic carbocycles. The zero-order valence-electron chi connectivity index (χ0n) is 18.5. The Hall–Kier alpha value is -3.81. The van der Waals surface area contributed by atoms with E-state index in [0.717, 1.165) is 12.1 Å². The van der Waals surface area contributed by atoms with Crippen molar-refractivity contribution >= 4 is 23.0 Å². The van der Waals surface area contributed by atoms with Crippen LogP contribution in [0.25, 0.3) is 0 Å². The molecule has 2 aliphatic heterocycles. The summed E-state index contributed by atoms with van der Waals surface area (Å²) < 4.78 is 5.77. The number of anilines is 2. The zero-order valence-corrected chi connectivity index (χ0v) is 18.5. The molecule has 1 unspecified atom stereocenters. The number of para-hydroxylation sites is 1. The van der Waals surface area contributed by atoms with Gasteiger partial charge in [-0.15, -0.1) is 0 Å². The van der Waals surface area contributed by atoms with Gasteiger partial charge < -0.3 is 19.1 Å². The van der Waals surface area contributed by atoms with E-state index in [4.69, 9.17) is 4.42 Å². The molecule has 0 N–H and O–H groups in total. The number of furan rings is 1. The number of nitro groups is 1. The van der Waals surface area contributed by atoms with Gasteiger partial charge >= 0.3 is 0 Å². The van der Waals surface area contributed by atoms with Crippen molar-refractivity contribution in [1.29, 1.82) is 0 Å². The molecule has 2 aliphatic rings. The van der Waals surface area contributed by atoms with Gasteiger partial charge in [-0.1, -0.05) is 18.2 Å². The molecule has 0 bridgehead atoms. The Labute approximate surface area is 192 Å². The fourth-order valence-corrected chi connectivity index (χ4v) is 4.80. The summed E-state index contributed by atoms with van der Waals surface area (Å²) in [5.74, 6) is 0.684. The normalized spacial score (nSPS) is 17.8. The smallest absolute Gasteiger partial charge is 0.269 e. The van der Waals surface area contributed by atoms with Gasteiger partial charge in [0, 0.05) is 55.7 Å². The predicted molar refractivity (Wildman–Crippen MR) is 126 cm³/mol. The number of nitro benzene ring substituents is 1. The number of hydrogen-bond acceptors (Lipinski definition) is 6. The molecule has 8 heteroatoms. The summed E-state index contributed by atoms with van der Waals surface area (Å²) in [6, 6.07) is 17.1. The maximum absolute atomic E-state index is 13.3. The number of carbonyl (C=O) groups excluding carboxylic acids is 1. The van der Waals surface area contributed by atoms with Crippen LogP contribution in [0.15, 0.2) is 65.3 Å². The summed E-state index contributed by atoms with van der Waals surface area (Å²) in [6.07, 6.45) is 2.59. The molecule has 0 saturated carbocycles. The van der Waals surface area contributed by atoms with E-state index >= 15 is 0 Å². The van der Waals surface area contributed by atoms with Gasteiger partial charge in [-0.2, -0.15) is 0 Å². The van der Waals surface area contributed by atoms with Crippen molar-refractivity contribution in [3.05, 3.63) is 87.9 Å². The van der Waals surface area contributed by atoms with Gasteiger partial charge in [0.1, 0.15) is 5.76 Å². The zero-order chi connectivity index (χ0) is 22.9. The highest BCUT2D eigenvalue weighted by Gasteiger charge is 2.30. The number of amides is 1. The Morgan fingerprint density at radius 2 is 1.79 bits per heavy atom. The van der Waals surface area contributed by atoms with Crippen molar-refractivity contribution in [2.45, 2.75) is 25.9 Å². The second kappa shape index (κ2) is 8.61. The Morgan fingerprint density at radius 3 is 2.52 bits per heavy atom. The van der Waals surface area contributed by atoms with Gasteiger partial charge in [0.15, 0.2) is 0 Å². The van der Waals surface area contributed by atoms with E-state index in [-0.39, 0.29) is 11.6 Å².